The molecule has 0 aliphatic rings. The molecule has 2 aromatic heterocycles. The van der Waals surface area contributed by atoms with Gasteiger partial charge in [0, 0.05) is 31.3 Å². The predicted octanol–water partition coefficient (Wildman–Crippen LogP) is 0.995. The number of likely N-dealkylation sites (N-methyl/N-ethyl adjacent to an activating group) is 1. The number of nitrogens with zero attached hydrogens (tertiary/aromatic N) is 4. The van der Waals surface area contributed by atoms with Crippen molar-refractivity contribution in [3.8, 4) is 11.3 Å². The van der Waals surface area contributed by atoms with E-state index in [4.69, 9.17) is 5.73 Å². The number of imidazole rings is 1. The molecule has 3 rings (SSSR count). The Morgan fingerprint density at radius 2 is 2.04 bits per heavy atom. The summed E-state index contributed by atoms with van der Waals surface area (Å²) in [4.78, 5) is 27.7. The van der Waals surface area contributed by atoms with Gasteiger partial charge in [-0.25, -0.2) is 9.50 Å². The normalized spacial score (nSPS) is 10.6. The Kier molecular flexibility index (Phi) is 4.60. The van der Waals surface area contributed by atoms with Gasteiger partial charge in [-0.15, -0.1) is 5.10 Å². The third kappa shape index (κ3) is 3.57. The summed E-state index contributed by atoms with van der Waals surface area (Å²) in [6.45, 7) is 1.17. The molecule has 128 valence electrons. The third-order valence-electron chi connectivity index (χ3n) is 3.78. The van der Waals surface area contributed by atoms with Crippen LogP contribution in [0.4, 0.5) is 5.82 Å². The van der Waals surface area contributed by atoms with Gasteiger partial charge in [-0.1, -0.05) is 12.1 Å². The van der Waals surface area contributed by atoms with Crippen LogP contribution in [0.2, 0.25) is 0 Å². The van der Waals surface area contributed by atoms with E-state index in [2.05, 4.69) is 15.4 Å². The first-order valence-corrected chi connectivity index (χ1v) is 7.73. The fraction of sp³-hybridized carbons (Fsp3) is 0.176. The van der Waals surface area contributed by atoms with Gasteiger partial charge >= 0.3 is 0 Å². The Balaban J connectivity index is 1.85. The van der Waals surface area contributed by atoms with Crippen LogP contribution in [-0.4, -0.2) is 52.0 Å². The van der Waals surface area contributed by atoms with Crippen molar-refractivity contribution in [2.75, 3.05) is 25.5 Å². The summed E-state index contributed by atoms with van der Waals surface area (Å²) in [5, 5.41) is 7.71. The lowest BCUT2D eigenvalue weighted by Gasteiger charge is -2.11. The summed E-state index contributed by atoms with van der Waals surface area (Å²) < 4.78 is 1.73. The van der Waals surface area contributed by atoms with Crippen LogP contribution in [0, 0.1) is 0 Å². The zero-order valence-corrected chi connectivity index (χ0v) is 13.7. The molecule has 0 saturated carbocycles. The first-order valence-electron chi connectivity index (χ1n) is 7.73. The molecular formula is C17H18N6O2. The van der Waals surface area contributed by atoms with Crippen molar-refractivity contribution in [1.29, 1.82) is 0 Å². The summed E-state index contributed by atoms with van der Waals surface area (Å²) in [6, 6.07) is 10.7. The van der Waals surface area contributed by atoms with Crippen molar-refractivity contribution >= 4 is 23.8 Å². The molecule has 0 aliphatic heterocycles. The molecule has 3 N–H and O–H groups in total. The maximum Gasteiger partial charge on any atom is 0.248 e. The number of nitrogens with one attached hydrogen (secondary N) is 1. The average molecular weight is 338 g/mol. The van der Waals surface area contributed by atoms with E-state index in [9.17, 15) is 9.59 Å². The Morgan fingerprint density at radius 1 is 1.28 bits per heavy atom. The van der Waals surface area contributed by atoms with Gasteiger partial charge < -0.3 is 16.0 Å². The van der Waals surface area contributed by atoms with E-state index in [1.54, 1.807) is 34.8 Å². The van der Waals surface area contributed by atoms with E-state index in [0.717, 1.165) is 17.7 Å². The minimum atomic E-state index is -0.463. The van der Waals surface area contributed by atoms with Crippen molar-refractivity contribution in [3.63, 3.8) is 0 Å². The number of hydrogen-bond donors (Lipinski definition) is 2. The first-order chi connectivity index (χ1) is 12.1. The molecular weight excluding hydrogens is 320 g/mol. The molecule has 0 saturated heterocycles. The number of aromatic nitrogens is 3. The Labute approximate surface area is 144 Å². The number of benzene rings is 1. The lowest BCUT2D eigenvalue weighted by atomic mass is 10.1. The number of carbonyl (C=O) groups excluding carboxylic acids is 2. The quantitative estimate of drug-likeness (QED) is 0.625. The van der Waals surface area contributed by atoms with Gasteiger partial charge in [0.05, 0.1) is 11.9 Å². The first kappa shape index (κ1) is 16.4. The van der Waals surface area contributed by atoms with Gasteiger partial charge in [0.1, 0.15) is 5.82 Å². The van der Waals surface area contributed by atoms with Crippen molar-refractivity contribution in [3.05, 3.63) is 48.2 Å². The van der Waals surface area contributed by atoms with Crippen LogP contribution in [0.5, 0.6) is 0 Å². The second-order valence-electron chi connectivity index (χ2n) is 5.59. The summed E-state index contributed by atoms with van der Waals surface area (Å²) in [7, 11) is 1.72. The summed E-state index contributed by atoms with van der Waals surface area (Å²) in [6.07, 6.45) is 2.51. The smallest absolute Gasteiger partial charge is 0.248 e. The van der Waals surface area contributed by atoms with Gasteiger partial charge in [0.25, 0.3) is 0 Å². The van der Waals surface area contributed by atoms with Gasteiger partial charge in [0.15, 0.2) is 5.65 Å². The zero-order chi connectivity index (χ0) is 17.8. The third-order valence-corrected chi connectivity index (χ3v) is 3.78. The van der Waals surface area contributed by atoms with Crippen molar-refractivity contribution in [2.45, 2.75) is 0 Å². The summed E-state index contributed by atoms with van der Waals surface area (Å²) in [5.41, 5.74) is 8.11. The molecule has 0 spiro atoms. The van der Waals surface area contributed by atoms with Crippen LogP contribution in [0.25, 0.3) is 16.9 Å². The highest BCUT2D eigenvalue weighted by Crippen LogP contribution is 2.21. The van der Waals surface area contributed by atoms with Crippen LogP contribution in [0.1, 0.15) is 10.4 Å². The highest BCUT2D eigenvalue weighted by atomic mass is 16.1. The average Bonchev–Trinajstić information content (AvgIpc) is 3.04. The maximum atomic E-state index is 11.2. The van der Waals surface area contributed by atoms with E-state index in [0.29, 0.717) is 30.1 Å². The zero-order valence-electron chi connectivity index (χ0n) is 13.7. The molecule has 2 amide bonds. The molecule has 0 atom stereocenters. The highest BCUT2D eigenvalue weighted by molar-refractivity contribution is 5.93. The number of nitrogens with two attached hydrogens (primary N) is 1. The molecule has 0 radical (unpaired) electrons. The van der Waals surface area contributed by atoms with Crippen molar-refractivity contribution < 1.29 is 9.59 Å². The van der Waals surface area contributed by atoms with Crippen LogP contribution < -0.4 is 11.1 Å². The summed E-state index contributed by atoms with van der Waals surface area (Å²) in [5.74, 6) is 0.217. The van der Waals surface area contributed by atoms with E-state index < -0.39 is 5.91 Å². The van der Waals surface area contributed by atoms with E-state index >= 15 is 0 Å². The molecule has 0 unspecified atom stereocenters. The molecule has 25 heavy (non-hydrogen) atoms. The maximum absolute atomic E-state index is 11.2. The largest absolute Gasteiger partial charge is 0.367 e. The van der Waals surface area contributed by atoms with Crippen LogP contribution in [0.15, 0.2) is 42.6 Å². The SMILES string of the molecule is CN(C=O)CCNc1ccc2ncc(-c3ccc(C(N)=O)cc3)n2n1. The molecule has 0 bridgehead atoms. The van der Waals surface area contributed by atoms with Crippen LogP contribution in [0.3, 0.4) is 0 Å². The fourth-order valence-corrected chi connectivity index (χ4v) is 2.38. The number of carbonyl (C=O) groups is 2. The molecule has 8 nitrogen and oxygen atoms in total. The standard InChI is InChI=1S/C17H18N6O2/c1-22(11-24)9-8-19-15-6-7-16-20-10-14(23(16)21-15)12-2-4-13(5-3-12)17(18)25/h2-7,10-11H,8-9H2,1H3,(H2,18,25)(H,19,21). The highest BCUT2D eigenvalue weighted by Gasteiger charge is 2.09. The minimum absolute atomic E-state index is 0.451. The number of primary amides is 1. The molecule has 1 aromatic carbocycles. The molecule has 2 heterocycles. The van der Waals surface area contributed by atoms with E-state index in [1.807, 2.05) is 24.3 Å². The van der Waals surface area contributed by atoms with Crippen molar-refractivity contribution in [1.82, 2.24) is 19.5 Å². The fourth-order valence-electron chi connectivity index (χ4n) is 2.38. The number of anilines is 1. The number of rotatable bonds is 7. The molecule has 8 heteroatoms. The lowest BCUT2D eigenvalue weighted by molar-refractivity contribution is -0.116. The summed E-state index contributed by atoms with van der Waals surface area (Å²) >= 11 is 0. The topological polar surface area (TPSA) is 106 Å². The van der Waals surface area contributed by atoms with Gasteiger partial charge in [-0.05, 0) is 24.3 Å². The Morgan fingerprint density at radius 3 is 2.72 bits per heavy atom. The second kappa shape index (κ2) is 7.00. The van der Waals surface area contributed by atoms with E-state index in [-0.39, 0.29) is 0 Å². The minimum Gasteiger partial charge on any atom is -0.367 e. The Bertz CT molecular complexity index is 903. The Hall–Kier alpha value is -3.42. The molecule has 3 aromatic rings. The second-order valence-corrected chi connectivity index (χ2v) is 5.59. The monoisotopic (exact) mass is 338 g/mol. The lowest BCUT2D eigenvalue weighted by Crippen LogP contribution is -2.23. The van der Waals surface area contributed by atoms with Gasteiger partial charge in [0.2, 0.25) is 12.3 Å². The molecule has 0 fully saturated rings. The number of fused-ring (bicyclic) bond motifs is 1. The van der Waals surface area contributed by atoms with Gasteiger partial charge in [-0.3, -0.25) is 9.59 Å². The van der Waals surface area contributed by atoms with E-state index in [1.165, 1.54) is 0 Å². The van der Waals surface area contributed by atoms with Crippen molar-refractivity contribution in [2.24, 2.45) is 5.73 Å². The van der Waals surface area contributed by atoms with Crippen LogP contribution >= 0.6 is 0 Å². The predicted molar refractivity (Wildman–Crippen MR) is 94.1 cm³/mol. The molecule has 0 aliphatic carbocycles. The number of amides is 2. The van der Waals surface area contributed by atoms with Gasteiger partial charge in [-0.2, -0.15) is 0 Å². The number of hydrogen-bond acceptors (Lipinski definition) is 5. The van der Waals surface area contributed by atoms with Crippen LogP contribution in [-0.2, 0) is 4.79 Å².